The highest BCUT2D eigenvalue weighted by Gasteiger charge is 2.18. The molecule has 1 aliphatic heterocycles. The molecule has 5 heteroatoms. The average Bonchev–Trinajstić information content (AvgIpc) is 2.85. The molecule has 1 saturated heterocycles. The van der Waals surface area contributed by atoms with Crippen molar-refractivity contribution in [3.05, 3.63) is 35.9 Å². The van der Waals surface area contributed by atoms with E-state index in [0.29, 0.717) is 24.8 Å². The summed E-state index contributed by atoms with van der Waals surface area (Å²) in [6.07, 6.45) is 2.95. The number of carbonyl (C=O) groups excluding carboxylic acids is 1. The Morgan fingerprint density at radius 2 is 2.15 bits per heavy atom. The van der Waals surface area contributed by atoms with E-state index in [9.17, 15) is 4.79 Å². The summed E-state index contributed by atoms with van der Waals surface area (Å²) in [5.74, 6) is 0.487. The molecule has 1 aliphatic rings. The summed E-state index contributed by atoms with van der Waals surface area (Å²) in [5.41, 5.74) is 6.97. The standard InChI is InChI=1S/C15H22N4O/c16-13(8-4-7-12-10-18-15(17)19-12)14(20)9-11-5-2-1-3-6-11/h1-3,5-6,12-13H,4,7-10,16H2,(H3,17,18,19)/t12-,13?/m0/s1. The Morgan fingerprint density at radius 1 is 1.40 bits per heavy atom. The molecule has 0 radical (unpaired) electrons. The van der Waals surface area contributed by atoms with E-state index in [-0.39, 0.29) is 11.8 Å². The number of guanidine groups is 1. The molecular weight excluding hydrogens is 252 g/mol. The third kappa shape index (κ3) is 4.35. The molecule has 1 aromatic rings. The Labute approximate surface area is 119 Å². The molecule has 0 bridgehead atoms. The maximum atomic E-state index is 12.0. The van der Waals surface area contributed by atoms with Crippen LogP contribution in [0.1, 0.15) is 24.8 Å². The van der Waals surface area contributed by atoms with E-state index in [4.69, 9.17) is 11.1 Å². The molecule has 5 N–H and O–H groups in total. The lowest BCUT2D eigenvalue weighted by atomic mass is 9.99. The number of hydrogen-bond donors (Lipinski definition) is 4. The van der Waals surface area contributed by atoms with E-state index in [1.54, 1.807) is 0 Å². The molecule has 0 aromatic heterocycles. The predicted octanol–water partition coefficient (Wildman–Crippen LogP) is 0.792. The molecule has 20 heavy (non-hydrogen) atoms. The smallest absolute Gasteiger partial charge is 0.188 e. The molecule has 1 fully saturated rings. The van der Waals surface area contributed by atoms with Crippen LogP contribution in [0.25, 0.3) is 0 Å². The van der Waals surface area contributed by atoms with Crippen LogP contribution >= 0.6 is 0 Å². The Hall–Kier alpha value is -1.88. The highest BCUT2D eigenvalue weighted by atomic mass is 16.1. The maximum absolute atomic E-state index is 12.0. The van der Waals surface area contributed by atoms with Crippen LogP contribution in [0.5, 0.6) is 0 Å². The summed E-state index contributed by atoms with van der Waals surface area (Å²) < 4.78 is 0. The summed E-state index contributed by atoms with van der Waals surface area (Å²) in [6, 6.07) is 9.61. The number of rotatable bonds is 7. The van der Waals surface area contributed by atoms with E-state index >= 15 is 0 Å². The topological polar surface area (TPSA) is 91.0 Å². The number of benzene rings is 1. The SMILES string of the molecule is N=C1NC[C@H](CCCC(N)C(=O)Cc2ccccc2)N1. The third-order valence-corrected chi connectivity index (χ3v) is 3.58. The summed E-state index contributed by atoms with van der Waals surface area (Å²) in [5, 5.41) is 13.4. The van der Waals surface area contributed by atoms with Gasteiger partial charge in [-0.2, -0.15) is 0 Å². The van der Waals surface area contributed by atoms with Gasteiger partial charge < -0.3 is 16.4 Å². The van der Waals surface area contributed by atoms with Gasteiger partial charge in [0, 0.05) is 19.0 Å². The van der Waals surface area contributed by atoms with Crippen molar-refractivity contribution < 1.29 is 4.79 Å². The number of ketones is 1. The molecule has 0 aliphatic carbocycles. The van der Waals surface area contributed by atoms with E-state index < -0.39 is 0 Å². The molecule has 0 saturated carbocycles. The monoisotopic (exact) mass is 274 g/mol. The minimum absolute atomic E-state index is 0.0986. The fourth-order valence-corrected chi connectivity index (χ4v) is 2.38. The molecule has 2 atom stereocenters. The molecular formula is C15H22N4O. The van der Waals surface area contributed by atoms with Crippen molar-refractivity contribution in [2.24, 2.45) is 5.73 Å². The quantitative estimate of drug-likeness (QED) is 0.592. The van der Waals surface area contributed by atoms with Crippen LogP contribution in [0.15, 0.2) is 30.3 Å². The van der Waals surface area contributed by atoms with Crippen molar-refractivity contribution in [3.8, 4) is 0 Å². The number of hydrogen-bond acceptors (Lipinski definition) is 3. The highest BCUT2D eigenvalue weighted by Crippen LogP contribution is 2.08. The first-order valence-electron chi connectivity index (χ1n) is 7.06. The van der Waals surface area contributed by atoms with Gasteiger partial charge in [0.15, 0.2) is 11.7 Å². The first-order valence-corrected chi connectivity index (χ1v) is 7.06. The zero-order chi connectivity index (χ0) is 14.4. The zero-order valence-corrected chi connectivity index (χ0v) is 11.6. The fraction of sp³-hybridized carbons (Fsp3) is 0.467. The Balaban J connectivity index is 1.67. The number of Topliss-reactive ketones (excluding diaryl/α,β-unsaturated/α-hetero) is 1. The molecule has 108 valence electrons. The number of nitrogens with two attached hydrogens (primary N) is 1. The second kappa shape index (κ2) is 7.05. The molecule has 1 unspecified atom stereocenters. The van der Waals surface area contributed by atoms with Crippen LogP contribution in [-0.2, 0) is 11.2 Å². The van der Waals surface area contributed by atoms with E-state index in [1.807, 2.05) is 30.3 Å². The second-order valence-corrected chi connectivity index (χ2v) is 5.26. The van der Waals surface area contributed by atoms with Crippen molar-refractivity contribution in [1.29, 1.82) is 5.41 Å². The van der Waals surface area contributed by atoms with Gasteiger partial charge >= 0.3 is 0 Å². The Morgan fingerprint density at radius 3 is 2.80 bits per heavy atom. The summed E-state index contributed by atoms with van der Waals surface area (Å²) in [7, 11) is 0. The lowest BCUT2D eigenvalue weighted by Crippen LogP contribution is -2.33. The Bertz CT molecular complexity index is 460. The minimum atomic E-state index is -0.385. The molecule has 1 heterocycles. The average molecular weight is 274 g/mol. The minimum Gasteiger partial charge on any atom is -0.355 e. The lowest BCUT2D eigenvalue weighted by Gasteiger charge is -2.13. The summed E-state index contributed by atoms with van der Waals surface area (Å²) >= 11 is 0. The van der Waals surface area contributed by atoms with Gasteiger partial charge in [-0.3, -0.25) is 10.2 Å². The van der Waals surface area contributed by atoms with Gasteiger partial charge in [-0.15, -0.1) is 0 Å². The van der Waals surface area contributed by atoms with Gasteiger partial charge in [-0.1, -0.05) is 30.3 Å². The zero-order valence-electron chi connectivity index (χ0n) is 11.6. The van der Waals surface area contributed by atoms with Crippen LogP contribution < -0.4 is 16.4 Å². The highest BCUT2D eigenvalue weighted by molar-refractivity contribution is 5.85. The summed E-state index contributed by atoms with van der Waals surface area (Å²) in [6.45, 7) is 0.784. The van der Waals surface area contributed by atoms with Crippen molar-refractivity contribution in [2.45, 2.75) is 37.8 Å². The van der Waals surface area contributed by atoms with Gasteiger partial charge in [0.25, 0.3) is 0 Å². The third-order valence-electron chi connectivity index (χ3n) is 3.58. The van der Waals surface area contributed by atoms with E-state index in [0.717, 1.165) is 24.9 Å². The number of carbonyl (C=O) groups is 1. The predicted molar refractivity (Wildman–Crippen MR) is 79.6 cm³/mol. The molecule has 1 aromatic carbocycles. The normalized spacial score (nSPS) is 19.2. The van der Waals surface area contributed by atoms with Gasteiger partial charge in [-0.25, -0.2) is 0 Å². The van der Waals surface area contributed by atoms with Gasteiger partial charge in [0.2, 0.25) is 0 Å². The van der Waals surface area contributed by atoms with Crippen molar-refractivity contribution in [2.75, 3.05) is 6.54 Å². The van der Waals surface area contributed by atoms with Gasteiger partial charge in [0.1, 0.15) is 0 Å². The van der Waals surface area contributed by atoms with Crippen molar-refractivity contribution in [1.82, 2.24) is 10.6 Å². The molecule has 5 nitrogen and oxygen atoms in total. The first kappa shape index (κ1) is 14.5. The second-order valence-electron chi connectivity index (χ2n) is 5.26. The van der Waals surface area contributed by atoms with Crippen LogP contribution in [0.2, 0.25) is 0 Å². The number of nitrogens with one attached hydrogen (secondary N) is 3. The van der Waals surface area contributed by atoms with Crippen molar-refractivity contribution in [3.63, 3.8) is 0 Å². The molecule has 0 amide bonds. The lowest BCUT2D eigenvalue weighted by molar-refractivity contribution is -0.119. The van der Waals surface area contributed by atoms with E-state index in [2.05, 4.69) is 10.6 Å². The van der Waals surface area contributed by atoms with Crippen LogP contribution in [0.4, 0.5) is 0 Å². The Kier molecular flexibility index (Phi) is 5.12. The fourth-order valence-electron chi connectivity index (χ4n) is 2.38. The van der Waals surface area contributed by atoms with Gasteiger partial charge in [-0.05, 0) is 24.8 Å². The maximum Gasteiger partial charge on any atom is 0.188 e. The van der Waals surface area contributed by atoms with Crippen molar-refractivity contribution >= 4 is 11.7 Å². The molecule has 2 rings (SSSR count). The van der Waals surface area contributed by atoms with E-state index in [1.165, 1.54) is 0 Å². The largest absolute Gasteiger partial charge is 0.355 e. The van der Waals surface area contributed by atoms with Crippen LogP contribution in [-0.4, -0.2) is 30.4 Å². The van der Waals surface area contributed by atoms with Gasteiger partial charge in [0.05, 0.1) is 6.04 Å². The molecule has 0 spiro atoms. The van der Waals surface area contributed by atoms with Crippen LogP contribution in [0, 0.1) is 5.41 Å². The first-order chi connectivity index (χ1) is 9.65. The van der Waals surface area contributed by atoms with Crippen LogP contribution in [0.3, 0.4) is 0 Å². The summed E-state index contributed by atoms with van der Waals surface area (Å²) in [4.78, 5) is 12.0.